The van der Waals surface area contributed by atoms with Crippen LogP contribution in [0.5, 0.6) is 0 Å². The maximum absolute atomic E-state index is 5.44. The van der Waals surface area contributed by atoms with Crippen LogP contribution in [0.25, 0.3) is 16.7 Å². The number of nitrogens with one attached hydrogen (secondary N) is 1. The van der Waals surface area contributed by atoms with E-state index in [-0.39, 0.29) is 0 Å². The smallest absolute Gasteiger partial charge is 0.168 e. The predicted octanol–water partition coefficient (Wildman–Crippen LogP) is 1.72. The summed E-state index contributed by atoms with van der Waals surface area (Å²) in [7, 11) is 0. The Morgan fingerprint density at radius 2 is 2.05 bits per heavy atom. The van der Waals surface area contributed by atoms with Crippen molar-refractivity contribution in [3.05, 3.63) is 41.9 Å². The molecule has 3 N–H and O–H groups in total. The molecule has 0 radical (unpaired) electrons. The lowest BCUT2D eigenvalue weighted by atomic mass is 10.1. The third kappa shape index (κ3) is 1.82. The Hall–Kier alpha value is -2.47. The summed E-state index contributed by atoms with van der Waals surface area (Å²) in [5, 5.41) is 5.18. The van der Waals surface area contributed by atoms with Gasteiger partial charge < -0.3 is 5.43 Å². The summed E-state index contributed by atoms with van der Waals surface area (Å²) in [5.74, 6) is 6.01. The minimum absolute atomic E-state index is 0.570. The Morgan fingerprint density at radius 1 is 1.21 bits per heavy atom. The van der Waals surface area contributed by atoms with Gasteiger partial charge in [0.1, 0.15) is 6.33 Å². The molecule has 0 atom stereocenters. The molecule has 1 aromatic carbocycles. The number of benzene rings is 1. The summed E-state index contributed by atoms with van der Waals surface area (Å²) in [4.78, 5) is 8.35. The Balaban J connectivity index is 2.26. The van der Waals surface area contributed by atoms with Gasteiger partial charge in [-0.25, -0.2) is 20.5 Å². The second kappa shape index (κ2) is 4.33. The second-order valence-electron chi connectivity index (χ2n) is 4.45. The summed E-state index contributed by atoms with van der Waals surface area (Å²) >= 11 is 0. The molecule has 3 rings (SSSR count). The van der Waals surface area contributed by atoms with E-state index in [1.165, 1.54) is 11.9 Å². The van der Waals surface area contributed by atoms with Crippen LogP contribution in [0.1, 0.15) is 11.1 Å². The van der Waals surface area contributed by atoms with Gasteiger partial charge in [0.25, 0.3) is 0 Å². The largest absolute Gasteiger partial charge is 0.308 e. The molecule has 0 aliphatic heterocycles. The number of nitrogens with two attached hydrogens (primary N) is 1. The van der Waals surface area contributed by atoms with Crippen LogP contribution in [0.2, 0.25) is 0 Å². The predicted molar refractivity (Wildman–Crippen MR) is 73.9 cm³/mol. The minimum atomic E-state index is 0.570. The highest BCUT2D eigenvalue weighted by molar-refractivity contribution is 5.86. The number of fused-ring (bicyclic) bond motifs is 1. The number of hydrogen-bond acceptors (Lipinski definition) is 5. The lowest BCUT2D eigenvalue weighted by molar-refractivity contribution is 0.886. The van der Waals surface area contributed by atoms with Gasteiger partial charge >= 0.3 is 0 Å². The third-order valence-electron chi connectivity index (χ3n) is 3.08. The molecule has 6 heteroatoms. The average Bonchev–Trinajstić information content (AvgIpc) is 2.82. The first-order chi connectivity index (χ1) is 9.20. The van der Waals surface area contributed by atoms with Gasteiger partial charge in [-0.15, -0.1) is 0 Å². The molecular formula is C13H14N6. The molecule has 6 nitrogen and oxygen atoms in total. The molecule has 3 aromatic rings. The van der Waals surface area contributed by atoms with Gasteiger partial charge in [0.05, 0.1) is 17.3 Å². The van der Waals surface area contributed by atoms with Gasteiger partial charge in [-0.3, -0.25) is 0 Å². The van der Waals surface area contributed by atoms with Crippen molar-refractivity contribution in [2.45, 2.75) is 13.8 Å². The summed E-state index contributed by atoms with van der Waals surface area (Å²) < 4.78 is 1.80. The molecule has 0 saturated heterocycles. The van der Waals surface area contributed by atoms with Crippen LogP contribution in [-0.2, 0) is 0 Å². The molecule has 2 aromatic heterocycles. The Kier molecular flexibility index (Phi) is 2.64. The van der Waals surface area contributed by atoms with Gasteiger partial charge in [-0.2, -0.15) is 5.10 Å². The zero-order chi connectivity index (χ0) is 13.4. The molecule has 0 spiro atoms. The average molecular weight is 254 g/mol. The third-order valence-corrected chi connectivity index (χ3v) is 3.08. The van der Waals surface area contributed by atoms with Crippen LogP contribution in [-0.4, -0.2) is 19.7 Å². The molecule has 0 aliphatic rings. The van der Waals surface area contributed by atoms with Crippen molar-refractivity contribution in [3.8, 4) is 5.69 Å². The number of nitrogens with zero attached hydrogens (tertiary/aromatic N) is 4. The Morgan fingerprint density at radius 3 is 2.79 bits per heavy atom. The number of anilines is 1. The fourth-order valence-electron chi connectivity index (χ4n) is 2.18. The number of hydrazine groups is 1. The van der Waals surface area contributed by atoms with E-state index in [1.54, 1.807) is 10.9 Å². The monoisotopic (exact) mass is 254 g/mol. The highest BCUT2D eigenvalue weighted by Crippen LogP contribution is 2.23. The van der Waals surface area contributed by atoms with Crippen molar-refractivity contribution < 1.29 is 0 Å². The summed E-state index contributed by atoms with van der Waals surface area (Å²) in [6, 6.07) is 6.21. The van der Waals surface area contributed by atoms with Crippen molar-refractivity contribution in [3.63, 3.8) is 0 Å². The van der Waals surface area contributed by atoms with E-state index in [0.29, 0.717) is 5.82 Å². The zero-order valence-corrected chi connectivity index (χ0v) is 10.8. The van der Waals surface area contributed by atoms with Gasteiger partial charge in [-0.05, 0) is 25.5 Å². The molecule has 96 valence electrons. The van der Waals surface area contributed by atoms with E-state index in [1.807, 2.05) is 6.07 Å². The maximum Gasteiger partial charge on any atom is 0.168 e. The van der Waals surface area contributed by atoms with Crippen molar-refractivity contribution >= 4 is 16.9 Å². The first kappa shape index (κ1) is 11.6. The van der Waals surface area contributed by atoms with Crippen LogP contribution in [0, 0.1) is 13.8 Å². The summed E-state index contributed by atoms with van der Waals surface area (Å²) in [6.07, 6.45) is 3.18. The van der Waals surface area contributed by atoms with Gasteiger partial charge in [-0.1, -0.05) is 17.7 Å². The maximum atomic E-state index is 5.44. The Labute approximate surface area is 110 Å². The minimum Gasteiger partial charge on any atom is -0.308 e. The molecule has 0 saturated carbocycles. The lowest BCUT2D eigenvalue weighted by Gasteiger charge is -2.08. The van der Waals surface area contributed by atoms with Gasteiger partial charge in [0.2, 0.25) is 0 Å². The normalized spacial score (nSPS) is 10.9. The molecule has 0 fully saturated rings. The summed E-state index contributed by atoms with van der Waals surface area (Å²) in [5.41, 5.74) is 6.65. The molecule has 0 aliphatic carbocycles. The van der Waals surface area contributed by atoms with E-state index in [9.17, 15) is 0 Å². The van der Waals surface area contributed by atoms with Gasteiger partial charge in [0, 0.05) is 0 Å². The van der Waals surface area contributed by atoms with Crippen LogP contribution in [0.3, 0.4) is 0 Å². The Bertz CT molecular complexity index is 746. The van der Waals surface area contributed by atoms with Crippen LogP contribution in [0.15, 0.2) is 30.7 Å². The molecule has 19 heavy (non-hydrogen) atoms. The fraction of sp³-hybridized carbons (Fsp3) is 0.154. The number of aromatic nitrogens is 4. The van der Waals surface area contributed by atoms with E-state index in [2.05, 4.69) is 46.5 Å². The van der Waals surface area contributed by atoms with Crippen molar-refractivity contribution in [1.82, 2.24) is 19.7 Å². The van der Waals surface area contributed by atoms with E-state index < -0.39 is 0 Å². The standard InChI is InChI=1S/C13H14N6/c1-8-3-4-11(9(2)5-8)19-13-10(6-17-19)12(18-14)15-7-16-13/h3-7H,14H2,1-2H3,(H,15,16,18). The summed E-state index contributed by atoms with van der Waals surface area (Å²) in [6.45, 7) is 4.12. The topological polar surface area (TPSA) is 81.7 Å². The van der Waals surface area contributed by atoms with Crippen LogP contribution in [0.4, 0.5) is 5.82 Å². The SMILES string of the molecule is Cc1ccc(-n2ncc3c(NN)ncnc32)c(C)c1. The first-order valence-corrected chi connectivity index (χ1v) is 5.93. The molecule has 0 amide bonds. The quantitative estimate of drug-likeness (QED) is 0.537. The van der Waals surface area contributed by atoms with Crippen molar-refractivity contribution in [2.75, 3.05) is 5.43 Å². The molecular weight excluding hydrogens is 240 g/mol. The van der Waals surface area contributed by atoms with Crippen LogP contribution >= 0.6 is 0 Å². The highest BCUT2D eigenvalue weighted by atomic mass is 15.3. The molecule has 2 heterocycles. The highest BCUT2D eigenvalue weighted by Gasteiger charge is 2.11. The van der Waals surface area contributed by atoms with E-state index in [4.69, 9.17) is 5.84 Å². The first-order valence-electron chi connectivity index (χ1n) is 5.93. The number of rotatable bonds is 2. The van der Waals surface area contributed by atoms with E-state index >= 15 is 0 Å². The molecule has 0 unspecified atom stereocenters. The van der Waals surface area contributed by atoms with Gasteiger partial charge in [0.15, 0.2) is 11.5 Å². The second-order valence-corrected chi connectivity index (χ2v) is 4.45. The van der Waals surface area contributed by atoms with E-state index in [0.717, 1.165) is 22.3 Å². The molecule has 0 bridgehead atoms. The van der Waals surface area contributed by atoms with Crippen molar-refractivity contribution in [2.24, 2.45) is 5.84 Å². The number of aryl methyl sites for hydroxylation is 2. The van der Waals surface area contributed by atoms with Crippen molar-refractivity contribution in [1.29, 1.82) is 0 Å². The van der Waals surface area contributed by atoms with Crippen LogP contribution < -0.4 is 11.3 Å². The number of hydrogen-bond donors (Lipinski definition) is 2. The number of nitrogen functional groups attached to an aromatic ring is 1. The lowest BCUT2D eigenvalue weighted by Crippen LogP contribution is -2.09. The fourth-order valence-corrected chi connectivity index (χ4v) is 2.18. The zero-order valence-electron chi connectivity index (χ0n) is 10.8.